The molecule has 1 rings (SSSR count). The van der Waals surface area contributed by atoms with Gasteiger partial charge < -0.3 is 20.1 Å². The third kappa shape index (κ3) is 5.06. The minimum atomic E-state index is -0.989. The summed E-state index contributed by atoms with van der Waals surface area (Å²) in [5.41, 5.74) is -0.525. The number of nitrogens with zero attached hydrogens (tertiary/aromatic N) is 1. The SMILES string of the molecule is CCCCC(C)NC(=O)N1CC(C)(OCC(=O)O)C1. The summed E-state index contributed by atoms with van der Waals surface area (Å²) in [6, 6.07) is 0.0687. The van der Waals surface area contributed by atoms with Crippen molar-refractivity contribution in [1.29, 1.82) is 0 Å². The molecule has 110 valence electrons. The molecule has 1 aliphatic heterocycles. The highest BCUT2D eigenvalue weighted by molar-refractivity contribution is 5.75. The Morgan fingerprint density at radius 1 is 1.47 bits per heavy atom. The van der Waals surface area contributed by atoms with Gasteiger partial charge in [-0.05, 0) is 20.3 Å². The summed E-state index contributed by atoms with van der Waals surface area (Å²) >= 11 is 0. The van der Waals surface area contributed by atoms with E-state index in [9.17, 15) is 9.59 Å². The Morgan fingerprint density at radius 3 is 2.63 bits per heavy atom. The van der Waals surface area contributed by atoms with Crippen LogP contribution in [0, 0.1) is 0 Å². The van der Waals surface area contributed by atoms with Crippen LogP contribution in [0.15, 0.2) is 0 Å². The lowest BCUT2D eigenvalue weighted by Crippen LogP contribution is -2.65. The maximum atomic E-state index is 11.9. The Hall–Kier alpha value is -1.30. The monoisotopic (exact) mass is 272 g/mol. The number of hydrogen-bond acceptors (Lipinski definition) is 3. The summed E-state index contributed by atoms with van der Waals surface area (Å²) in [6.45, 7) is 6.49. The van der Waals surface area contributed by atoms with Gasteiger partial charge in [-0.15, -0.1) is 0 Å². The van der Waals surface area contributed by atoms with E-state index in [4.69, 9.17) is 9.84 Å². The van der Waals surface area contributed by atoms with Crippen molar-refractivity contribution >= 4 is 12.0 Å². The molecule has 1 unspecified atom stereocenters. The Bertz CT molecular complexity index is 327. The molecule has 0 saturated carbocycles. The third-order valence-corrected chi connectivity index (χ3v) is 3.24. The van der Waals surface area contributed by atoms with Crippen molar-refractivity contribution in [3.05, 3.63) is 0 Å². The number of amides is 2. The number of aliphatic carboxylic acids is 1. The zero-order valence-electron chi connectivity index (χ0n) is 11.9. The Labute approximate surface area is 114 Å². The predicted octanol–water partition coefficient (Wildman–Crippen LogP) is 1.45. The van der Waals surface area contributed by atoms with Crippen LogP contribution in [-0.4, -0.2) is 53.3 Å². The molecule has 0 aromatic rings. The van der Waals surface area contributed by atoms with Gasteiger partial charge in [-0.2, -0.15) is 0 Å². The van der Waals surface area contributed by atoms with Crippen molar-refractivity contribution in [2.45, 2.75) is 51.7 Å². The number of likely N-dealkylation sites (tertiary alicyclic amines) is 1. The van der Waals surface area contributed by atoms with E-state index in [0.29, 0.717) is 13.1 Å². The van der Waals surface area contributed by atoms with Crippen LogP contribution in [0.25, 0.3) is 0 Å². The number of unbranched alkanes of at least 4 members (excludes halogenated alkanes) is 1. The van der Waals surface area contributed by atoms with Crippen LogP contribution >= 0.6 is 0 Å². The van der Waals surface area contributed by atoms with Gasteiger partial charge in [-0.25, -0.2) is 9.59 Å². The van der Waals surface area contributed by atoms with E-state index in [-0.39, 0.29) is 18.7 Å². The van der Waals surface area contributed by atoms with Gasteiger partial charge in [-0.3, -0.25) is 0 Å². The zero-order valence-corrected chi connectivity index (χ0v) is 11.9. The summed E-state index contributed by atoms with van der Waals surface area (Å²) in [6.07, 6.45) is 3.19. The molecule has 1 aliphatic rings. The van der Waals surface area contributed by atoms with Crippen LogP contribution in [0.5, 0.6) is 0 Å². The first kappa shape index (κ1) is 15.8. The second-order valence-electron chi connectivity index (χ2n) is 5.48. The average Bonchev–Trinajstić information content (AvgIpc) is 2.30. The van der Waals surface area contributed by atoms with Gasteiger partial charge in [0.25, 0.3) is 0 Å². The highest BCUT2D eigenvalue weighted by Crippen LogP contribution is 2.24. The number of urea groups is 1. The largest absolute Gasteiger partial charge is 0.480 e. The Morgan fingerprint density at radius 2 is 2.11 bits per heavy atom. The molecule has 2 amide bonds. The average molecular weight is 272 g/mol. The first-order valence-corrected chi connectivity index (χ1v) is 6.77. The van der Waals surface area contributed by atoms with Crippen molar-refractivity contribution in [2.24, 2.45) is 0 Å². The minimum Gasteiger partial charge on any atom is -0.480 e. The molecular formula is C13H24N2O4. The maximum absolute atomic E-state index is 11.9. The van der Waals surface area contributed by atoms with Gasteiger partial charge in [0.1, 0.15) is 12.2 Å². The first-order valence-electron chi connectivity index (χ1n) is 6.77. The number of nitrogens with one attached hydrogen (secondary N) is 1. The van der Waals surface area contributed by atoms with E-state index in [2.05, 4.69) is 12.2 Å². The van der Waals surface area contributed by atoms with Gasteiger partial charge >= 0.3 is 12.0 Å². The fraction of sp³-hybridized carbons (Fsp3) is 0.846. The molecule has 0 bridgehead atoms. The number of ether oxygens (including phenoxy) is 1. The highest BCUT2D eigenvalue weighted by atomic mass is 16.5. The van der Waals surface area contributed by atoms with Crippen LogP contribution in [0.1, 0.15) is 40.0 Å². The Kier molecular flexibility index (Phi) is 5.60. The van der Waals surface area contributed by atoms with Crippen molar-refractivity contribution in [1.82, 2.24) is 10.2 Å². The lowest BCUT2D eigenvalue weighted by molar-refractivity contribution is -0.159. The standard InChI is InChI=1S/C13H24N2O4/c1-4-5-6-10(2)14-12(18)15-8-13(3,9-15)19-7-11(16)17/h10H,4-9H2,1-3H3,(H,14,18)(H,16,17). The summed E-state index contributed by atoms with van der Waals surface area (Å²) in [4.78, 5) is 23.9. The molecule has 1 saturated heterocycles. The minimum absolute atomic E-state index is 0.0972. The molecule has 6 nitrogen and oxygen atoms in total. The molecule has 1 heterocycles. The van der Waals surface area contributed by atoms with Gasteiger partial charge in [0.05, 0.1) is 13.1 Å². The highest BCUT2D eigenvalue weighted by Gasteiger charge is 2.42. The van der Waals surface area contributed by atoms with E-state index in [1.54, 1.807) is 4.90 Å². The predicted molar refractivity (Wildman–Crippen MR) is 71.1 cm³/mol. The van der Waals surface area contributed by atoms with E-state index in [0.717, 1.165) is 19.3 Å². The molecule has 0 spiro atoms. The van der Waals surface area contributed by atoms with E-state index in [1.165, 1.54) is 0 Å². The molecule has 0 aliphatic carbocycles. The summed E-state index contributed by atoms with van der Waals surface area (Å²) in [5, 5.41) is 11.5. The fourth-order valence-electron chi connectivity index (χ4n) is 2.12. The van der Waals surface area contributed by atoms with Crippen molar-refractivity contribution in [2.75, 3.05) is 19.7 Å². The second kappa shape index (κ2) is 6.75. The van der Waals surface area contributed by atoms with Crippen LogP contribution in [0.2, 0.25) is 0 Å². The van der Waals surface area contributed by atoms with E-state index < -0.39 is 11.6 Å². The third-order valence-electron chi connectivity index (χ3n) is 3.24. The van der Waals surface area contributed by atoms with Crippen LogP contribution in [-0.2, 0) is 9.53 Å². The quantitative estimate of drug-likeness (QED) is 0.735. The van der Waals surface area contributed by atoms with Crippen LogP contribution in [0.4, 0.5) is 4.79 Å². The molecule has 1 atom stereocenters. The van der Waals surface area contributed by atoms with E-state index in [1.807, 2.05) is 13.8 Å². The number of carboxylic acid groups (broad SMARTS) is 1. The van der Waals surface area contributed by atoms with E-state index >= 15 is 0 Å². The molecule has 0 aromatic carbocycles. The van der Waals surface area contributed by atoms with Gasteiger partial charge in [-0.1, -0.05) is 19.8 Å². The molecule has 1 fully saturated rings. The molecule has 0 aromatic heterocycles. The lowest BCUT2D eigenvalue weighted by Gasteiger charge is -2.47. The molecule has 2 N–H and O–H groups in total. The molecule has 0 radical (unpaired) electrons. The first-order chi connectivity index (χ1) is 8.86. The molecule has 19 heavy (non-hydrogen) atoms. The fourth-order valence-corrected chi connectivity index (χ4v) is 2.12. The Balaban J connectivity index is 2.25. The summed E-state index contributed by atoms with van der Waals surface area (Å²) in [5.74, 6) is -0.989. The van der Waals surface area contributed by atoms with Gasteiger partial charge in [0.15, 0.2) is 0 Å². The van der Waals surface area contributed by atoms with Gasteiger partial charge in [0, 0.05) is 6.04 Å². The summed E-state index contributed by atoms with van der Waals surface area (Å²) in [7, 11) is 0. The van der Waals surface area contributed by atoms with Gasteiger partial charge in [0.2, 0.25) is 0 Å². The van der Waals surface area contributed by atoms with Crippen LogP contribution < -0.4 is 5.32 Å². The zero-order chi connectivity index (χ0) is 14.5. The van der Waals surface area contributed by atoms with Crippen molar-refractivity contribution in [3.8, 4) is 0 Å². The maximum Gasteiger partial charge on any atom is 0.329 e. The second-order valence-corrected chi connectivity index (χ2v) is 5.48. The number of hydrogen-bond donors (Lipinski definition) is 2. The topological polar surface area (TPSA) is 78.9 Å². The smallest absolute Gasteiger partial charge is 0.329 e. The number of carboxylic acids is 1. The lowest BCUT2D eigenvalue weighted by atomic mass is 9.97. The normalized spacial score (nSPS) is 18.6. The molecular weight excluding hydrogens is 248 g/mol. The van der Waals surface area contributed by atoms with Crippen LogP contribution in [0.3, 0.4) is 0 Å². The van der Waals surface area contributed by atoms with Crippen molar-refractivity contribution in [3.63, 3.8) is 0 Å². The molecule has 6 heteroatoms. The number of carbonyl (C=O) groups is 2. The number of rotatable bonds is 7. The summed E-state index contributed by atoms with van der Waals surface area (Å²) < 4.78 is 5.26. The number of carbonyl (C=O) groups excluding carboxylic acids is 1. The van der Waals surface area contributed by atoms with Crippen molar-refractivity contribution < 1.29 is 19.4 Å².